The molecule has 0 aliphatic carbocycles. The van der Waals surface area contributed by atoms with Gasteiger partial charge in [0.15, 0.2) is 0 Å². The van der Waals surface area contributed by atoms with E-state index < -0.39 is 0 Å². The third-order valence-electron chi connectivity index (χ3n) is 3.24. The van der Waals surface area contributed by atoms with Crippen molar-refractivity contribution in [3.63, 3.8) is 0 Å². The van der Waals surface area contributed by atoms with Crippen LogP contribution in [0.2, 0.25) is 0 Å². The number of hydrogen-bond donors (Lipinski definition) is 1. The highest BCUT2D eigenvalue weighted by Crippen LogP contribution is 2.17. The molecule has 1 N–H and O–H groups in total. The number of nitrogens with one attached hydrogen (secondary N) is 1. The molecule has 1 aliphatic heterocycles. The second kappa shape index (κ2) is 5.76. The van der Waals surface area contributed by atoms with E-state index in [4.69, 9.17) is 0 Å². The van der Waals surface area contributed by atoms with Gasteiger partial charge in [-0.05, 0) is 24.6 Å². The highest BCUT2D eigenvalue weighted by Gasteiger charge is 2.23. The standard InChI is InChI=1S/C14H20F2N2/c1-10(2)17-13-5-6-18(9-13)8-11-7-12(15)3-4-14(11)16/h3-4,7,10,13,17H,5-6,8-9H2,1-2H3. The molecule has 18 heavy (non-hydrogen) atoms. The van der Waals surface area contributed by atoms with Crippen LogP contribution < -0.4 is 5.32 Å². The van der Waals surface area contributed by atoms with Gasteiger partial charge in [-0.15, -0.1) is 0 Å². The Morgan fingerprint density at radius 2 is 2.17 bits per heavy atom. The zero-order valence-corrected chi connectivity index (χ0v) is 10.9. The molecule has 1 atom stereocenters. The molecule has 4 heteroatoms. The van der Waals surface area contributed by atoms with Crippen molar-refractivity contribution in [2.24, 2.45) is 0 Å². The fraction of sp³-hybridized carbons (Fsp3) is 0.571. The highest BCUT2D eigenvalue weighted by atomic mass is 19.1. The van der Waals surface area contributed by atoms with Crippen LogP contribution in [0.4, 0.5) is 8.78 Å². The summed E-state index contributed by atoms with van der Waals surface area (Å²) in [6.07, 6.45) is 1.06. The molecule has 0 bridgehead atoms. The van der Waals surface area contributed by atoms with Crippen molar-refractivity contribution in [2.75, 3.05) is 13.1 Å². The fourth-order valence-electron chi connectivity index (χ4n) is 2.49. The molecule has 1 heterocycles. The van der Waals surface area contributed by atoms with Crippen LogP contribution in [0.1, 0.15) is 25.8 Å². The minimum absolute atomic E-state index is 0.323. The highest BCUT2D eigenvalue weighted by molar-refractivity contribution is 5.18. The van der Waals surface area contributed by atoms with E-state index in [1.54, 1.807) is 0 Å². The van der Waals surface area contributed by atoms with Crippen molar-refractivity contribution in [2.45, 2.75) is 38.9 Å². The van der Waals surface area contributed by atoms with E-state index >= 15 is 0 Å². The Balaban J connectivity index is 1.93. The SMILES string of the molecule is CC(C)NC1CCN(Cc2cc(F)ccc2F)C1. The molecule has 0 amide bonds. The van der Waals surface area contributed by atoms with Gasteiger partial charge in [-0.3, -0.25) is 4.90 Å². The second-order valence-electron chi connectivity index (χ2n) is 5.28. The molecule has 2 nitrogen and oxygen atoms in total. The second-order valence-corrected chi connectivity index (χ2v) is 5.28. The molecule has 0 radical (unpaired) electrons. The molecule has 1 saturated heterocycles. The Morgan fingerprint density at radius 1 is 1.39 bits per heavy atom. The van der Waals surface area contributed by atoms with Gasteiger partial charge in [0.1, 0.15) is 11.6 Å². The van der Waals surface area contributed by atoms with Crippen LogP contribution in [0, 0.1) is 11.6 Å². The summed E-state index contributed by atoms with van der Waals surface area (Å²) in [5.41, 5.74) is 0.445. The molecular formula is C14H20F2N2. The maximum atomic E-state index is 13.5. The molecule has 0 spiro atoms. The van der Waals surface area contributed by atoms with Crippen molar-refractivity contribution in [3.8, 4) is 0 Å². The first-order valence-electron chi connectivity index (χ1n) is 6.47. The first kappa shape index (κ1) is 13.4. The summed E-state index contributed by atoms with van der Waals surface area (Å²) >= 11 is 0. The molecule has 0 saturated carbocycles. The van der Waals surface area contributed by atoms with Crippen LogP contribution in [0.25, 0.3) is 0 Å². The van der Waals surface area contributed by atoms with E-state index in [9.17, 15) is 8.78 Å². The van der Waals surface area contributed by atoms with Crippen molar-refractivity contribution in [1.29, 1.82) is 0 Å². The first-order valence-corrected chi connectivity index (χ1v) is 6.47. The van der Waals surface area contributed by atoms with Gasteiger partial charge in [-0.1, -0.05) is 13.8 Å². The predicted molar refractivity (Wildman–Crippen MR) is 68.3 cm³/mol. The Bertz CT molecular complexity index is 407. The average molecular weight is 254 g/mol. The lowest BCUT2D eigenvalue weighted by Gasteiger charge is -2.18. The van der Waals surface area contributed by atoms with E-state index in [1.165, 1.54) is 12.1 Å². The summed E-state index contributed by atoms with van der Waals surface area (Å²) in [4.78, 5) is 2.16. The Hall–Kier alpha value is -1.00. The summed E-state index contributed by atoms with van der Waals surface area (Å²) in [5.74, 6) is -0.695. The van der Waals surface area contributed by atoms with Gasteiger partial charge in [0.05, 0.1) is 0 Å². The molecule has 100 valence electrons. The normalized spacial score (nSPS) is 20.8. The lowest BCUT2D eigenvalue weighted by Crippen LogP contribution is -2.36. The lowest BCUT2D eigenvalue weighted by atomic mass is 10.2. The van der Waals surface area contributed by atoms with Crippen molar-refractivity contribution in [1.82, 2.24) is 10.2 Å². The molecule has 1 aliphatic rings. The van der Waals surface area contributed by atoms with E-state index in [0.717, 1.165) is 25.6 Å². The van der Waals surface area contributed by atoms with Crippen LogP contribution in [-0.2, 0) is 6.54 Å². The van der Waals surface area contributed by atoms with E-state index in [2.05, 4.69) is 24.1 Å². The summed E-state index contributed by atoms with van der Waals surface area (Å²) in [5, 5.41) is 3.47. The molecule has 1 unspecified atom stereocenters. The number of nitrogens with zero attached hydrogens (tertiary/aromatic N) is 1. The largest absolute Gasteiger partial charge is 0.310 e. The van der Waals surface area contributed by atoms with Crippen molar-refractivity contribution >= 4 is 0 Å². The van der Waals surface area contributed by atoms with Crippen LogP contribution in [0.15, 0.2) is 18.2 Å². The third kappa shape index (κ3) is 3.50. The van der Waals surface area contributed by atoms with E-state index in [0.29, 0.717) is 24.2 Å². The van der Waals surface area contributed by atoms with Crippen LogP contribution >= 0.6 is 0 Å². The van der Waals surface area contributed by atoms with Gasteiger partial charge in [0, 0.05) is 37.3 Å². The average Bonchev–Trinajstić information content (AvgIpc) is 2.70. The van der Waals surface area contributed by atoms with Crippen LogP contribution in [0.5, 0.6) is 0 Å². The molecule has 1 aromatic rings. The quantitative estimate of drug-likeness (QED) is 0.888. The summed E-state index contributed by atoms with van der Waals surface area (Å²) in [6.45, 7) is 6.55. The van der Waals surface area contributed by atoms with Gasteiger partial charge in [0.2, 0.25) is 0 Å². The first-order chi connectivity index (χ1) is 8.54. The number of likely N-dealkylation sites (tertiary alicyclic amines) is 1. The lowest BCUT2D eigenvalue weighted by molar-refractivity contribution is 0.311. The van der Waals surface area contributed by atoms with E-state index in [1.807, 2.05) is 0 Å². The zero-order chi connectivity index (χ0) is 13.1. The Labute approximate surface area is 107 Å². The van der Waals surface area contributed by atoms with Gasteiger partial charge in [0.25, 0.3) is 0 Å². The molecule has 0 aromatic heterocycles. The van der Waals surface area contributed by atoms with Gasteiger partial charge < -0.3 is 5.32 Å². The van der Waals surface area contributed by atoms with Crippen molar-refractivity contribution < 1.29 is 8.78 Å². The number of hydrogen-bond acceptors (Lipinski definition) is 2. The topological polar surface area (TPSA) is 15.3 Å². The smallest absolute Gasteiger partial charge is 0.127 e. The van der Waals surface area contributed by atoms with Gasteiger partial charge >= 0.3 is 0 Å². The molecule has 1 fully saturated rings. The molecule has 1 aromatic carbocycles. The Morgan fingerprint density at radius 3 is 2.89 bits per heavy atom. The number of benzene rings is 1. The van der Waals surface area contributed by atoms with Crippen molar-refractivity contribution in [3.05, 3.63) is 35.4 Å². The maximum absolute atomic E-state index is 13.5. The predicted octanol–water partition coefficient (Wildman–Crippen LogP) is 2.54. The molecule has 2 rings (SSSR count). The monoisotopic (exact) mass is 254 g/mol. The van der Waals surface area contributed by atoms with E-state index in [-0.39, 0.29) is 11.6 Å². The molecular weight excluding hydrogens is 234 g/mol. The third-order valence-corrected chi connectivity index (χ3v) is 3.24. The van der Waals surface area contributed by atoms with Crippen LogP contribution in [0.3, 0.4) is 0 Å². The van der Waals surface area contributed by atoms with Gasteiger partial charge in [-0.25, -0.2) is 8.78 Å². The maximum Gasteiger partial charge on any atom is 0.127 e. The van der Waals surface area contributed by atoms with Crippen LogP contribution in [-0.4, -0.2) is 30.1 Å². The summed E-state index contributed by atoms with van der Waals surface area (Å²) in [7, 11) is 0. The van der Waals surface area contributed by atoms with Gasteiger partial charge in [-0.2, -0.15) is 0 Å². The number of halogens is 2. The fourth-order valence-corrected chi connectivity index (χ4v) is 2.49. The summed E-state index contributed by atoms with van der Waals surface area (Å²) in [6, 6.07) is 4.57. The minimum Gasteiger partial charge on any atom is -0.310 e. The minimum atomic E-state index is -0.373. The number of rotatable bonds is 4. The zero-order valence-electron chi connectivity index (χ0n) is 10.9. The summed E-state index contributed by atoms with van der Waals surface area (Å²) < 4.78 is 26.6. The Kier molecular flexibility index (Phi) is 4.30.